The number of hydrogen-bond donors (Lipinski definition) is 2. The predicted octanol–water partition coefficient (Wildman–Crippen LogP) is 3.91. The quantitative estimate of drug-likeness (QED) is 0.530. The van der Waals surface area contributed by atoms with Gasteiger partial charge in [0.15, 0.2) is 0 Å². The van der Waals surface area contributed by atoms with Gasteiger partial charge in [0.05, 0.1) is 11.9 Å². The first-order valence-electron chi connectivity index (χ1n) is 7.33. The maximum absolute atomic E-state index is 12.1. The number of H-pyrrole nitrogens is 1. The monoisotopic (exact) mass is 382 g/mol. The molecule has 3 rings (SSSR count). The van der Waals surface area contributed by atoms with E-state index in [0.29, 0.717) is 5.69 Å². The van der Waals surface area contributed by atoms with Gasteiger partial charge in [-0.25, -0.2) is 5.43 Å². The van der Waals surface area contributed by atoms with E-state index in [1.165, 1.54) is 5.56 Å². The molecule has 0 saturated heterocycles. The van der Waals surface area contributed by atoms with Gasteiger partial charge in [-0.1, -0.05) is 57.9 Å². The fraction of sp³-hybridized carbons (Fsp3) is 0.0556. The molecule has 2 N–H and O–H groups in total. The van der Waals surface area contributed by atoms with Crippen LogP contribution in [0.5, 0.6) is 0 Å². The van der Waals surface area contributed by atoms with Gasteiger partial charge >= 0.3 is 0 Å². The molecule has 3 aromatic rings. The molecule has 0 spiro atoms. The number of hydrazone groups is 1. The molecule has 1 amide bonds. The van der Waals surface area contributed by atoms with Gasteiger partial charge in [-0.3, -0.25) is 9.89 Å². The lowest BCUT2D eigenvalue weighted by Crippen LogP contribution is -2.17. The molecule has 24 heavy (non-hydrogen) atoms. The molecule has 0 atom stereocenters. The van der Waals surface area contributed by atoms with Crippen molar-refractivity contribution in [3.63, 3.8) is 0 Å². The number of carbonyl (C=O) groups excluding carboxylic acids is 1. The SMILES string of the molecule is Cc1ccc(-c2cc(C(=O)N/N=C/c3ccc(Br)cc3)[nH]n2)cc1. The fourth-order valence-corrected chi connectivity index (χ4v) is 2.35. The van der Waals surface area contributed by atoms with Crippen molar-refractivity contribution in [2.45, 2.75) is 6.92 Å². The number of carbonyl (C=O) groups is 1. The summed E-state index contributed by atoms with van der Waals surface area (Å²) < 4.78 is 0.991. The molecule has 0 aliphatic carbocycles. The molecular formula is C18H15BrN4O. The Balaban J connectivity index is 1.65. The fourth-order valence-electron chi connectivity index (χ4n) is 2.08. The van der Waals surface area contributed by atoms with Crippen molar-refractivity contribution in [3.8, 4) is 11.3 Å². The number of benzene rings is 2. The van der Waals surface area contributed by atoms with E-state index in [-0.39, 0.29) is 5.91 Å². The molecule has 0 unspecified atom stereocenters. The van der Waals surface area contributed by atoms with E-state index < -0.39 is 0 Å². The maximum Gasteiger partial charge on any atom is 0.289 e. The van der Waals surface area contributed by atoms with Crippen LogP contribution in [0.3, 0.4) is 0 Å². The highest BCUT2D eigenvalue weighted by Gasteiger charge is 2.10. The van der Waals surface area contributed by atoms with E-state index in [2.05, 4.69) is 36.7 Å². The molecule has 0 fully saturated rings. The molecule has 120 valence electrons. The number of nitrogens with one attached hydrogen (secondary N) is 2. The van der Waals surface area contributed by atoms with Crippen LogP contribution in [-0.4, -0.2) is 22.3 Å². The van der Waals surface area contributed by atoms with Crippen molar-refractivity contribution in [3.05, 3.63) is 75.9 Å². The second-order valence-electron chi connectivity index (χ2n) is 5.28. The number of rotatable bonds is 4. The highest BCUT2D eigenvalue weighted by Crippen LogP contribution is 2.18. The lowest BCUT2D eigenvalue weighted by Gasteiger charge is -1.97. The third-order valence-electron chi connectivity index (χ3n) is 3.42. The van der Waals surface area contributed by atoms with E-state index in [4.69, 9.17) is 0 Å². The van der Waals surface area contributed by atoms with Crippen LogP contribution in [0.4, 0.5) is 0 Å². The van der Waals surface area contributed by atoms with Crippen molar-refractivity contribution >= 4 is 28.1 Å². The minimum atomic E-state index is -0.339. The Morgan fingerprint density at radius 3 is 2.58 bits per heavy atom. The van der Waals surface area contributed by atoms with Crippen LogP contribution in [0.25, 0.3) is 11.3 Å². The summed E-state index contributed by atoms with van der Waals surface area (Å²) in [6.45, 7) is 2.02. The van der Waals surface area contributed by atoms with Crippen LogP contribution < -0.4 is 5.43 Å². The van der Waals surface area contributed by atoms with Crippen molar-refractivity contribution in [1.82, 2.24) is 15.6 Å². The van der Waals surface area contributed by atoms with Crippen molar-refractivity contribution < 1.29 is 4.79 Å². The lowest BCUT2D eigenvalue weighted by molar-refractivity contribution is 0.0950. The van der Waals surface area contributed by atoms with E-state index in [1.54, 1.807) is 12.3 Å². The average Bonchev–Trinajstić information content (AvgIpc) is 3.07. The normalized spacial score (nSPS) is 10.9. The number of aryl methyl sites for hydroxylation is 1. The molecule has 0 aliphatic rings. The first-order valence-corrected chi connectivity index (χ1v) is 8.12. The van der Waals surface area contributed by atoms with Gasteiger partial charge < -0.3 is 0 Å². The van der Waals surface area contributed by atoms with Crippen LogP contribution in [0.15, 0.2) is 64.2 Å². The summed E-state index contributed by atoms with van der Waals surface area (Å²) in [6, 6.07) is 17.3. The van der Waals surface area contributed by atoms with Crippen LogP contribution in [0.2, 0.25) is 0 Å². The smallest absolute Gasteiger partial charge is 0.272 e. The molecule has 1 heterocycles. The second kappa shape index (κ2) is 7.23. The Hall–Kier alpha value is -2.73. The zero-order chi connectivity index (χ0) is 16.9. The summed E-state index contributed by atoms with van der Waals surface area (Å²) in [7, 11) is 0. The first-order chi connectivity index (χ1) is 11.6. The van der Waals surface area contributed by atoms with Crippen molar-refractivity contribution in [2.75, 3.05) is 0 Å². The van der Waals surface area contributed by atoms with Crippen LogP contribution in [0, 0.1) is 6.92 Å². The van der Waals surface area contributed by atoms with Crippen LogP contribution in [0.1, 0.15) is 21.6 Å². The number of amides is 1. The minimum Gasteiger partial charge on any atom is -0.272 e. The molecule has 0 radical (unpaired) electrons. The van der Waals surface area contributed by atoms with Crippen molar-refractivity contribution in [2.24, 2.45) is 5.10 Å². The third kappa shape index (κ3) is 3.97. The standard InChI is InChI=1S/C18H15BrN4O/c1-12-2-6-14(7-3-12)16-10-17(22-21-16)18(24)23-20-11-13-4-8-15(19)9-5-13/h2-11H,1H3,(H,21,22)(H,23,24)/b20-11+. The zero-order valence-corrected chi connectivity index (χ0v) is 14.5. The topological polar surface area (TPSA) is 70.1 Å². The molecule has 0 bridgehead atoms. The van der Waals surface area contributed by atoms with E-state index in [1.807, 2.05) is 55.5 Å². The number of aromatic nitrogens is 2. The molecule has 0 aliphatic heterocycles. The second-order valence-corrected chi connectivity index (χ2v) is 6.20. The molecule has 5 nitrogen and oxygen atoms in total. The Morgan fingerprint density at radius 2 is 1.88 bits per heavy atom. The molecular weight excluding hydrogens is 368 g/mol. The number of halogens is 1. The van der Waals surface area contributed by atoms with Gasteiger partial charge in [-0.2, -0.15) is 10.2 Å². The summed E-state index contributed by atoms with van der Waals surface area (Å²) in [6.07, 6.45) is 1.58. The van der Waals surface area contributed by atoms with Gasteiger partial charge in [0, 0.05) is 10.0 Å². The van der Waals surface area contributed by atoms with Crippen LogP contribution in [-0.2, 0) is 0 Å². The summed E-state index contributed by atoms with van der Waals surface area (Å²) in [5, 5.41) is 10.9. The van der Waals surface area contributed by atoms with E-state index >= 15 is 0 Å². The highest BCUT2D eigenvalue weighted by atomic mass is 79.9. The lowest BCUT2D eigenvalue weighted by atomic mass is 10.1. The largest absolute Gasteiger partial charge is 0.289 e. The van der Waals surface area contributed by atoms with Crippen molar-refractivity contribution in [1.29, 1.82) is 0 Å². The van der Waals surface area contributed by atoms with Gasteiger partial charge in [0.2, 0.25) is 0 Å². The Morgan fingerprint density at radius 1 is 1.17 bits per heavy atom. The average molecular weight is 383 g/mol. The first kappa shape index (κ1) is 16.1. The number of hydrogen-bond acceptors (Lipinski definition) is 3. The maximum atomic E-state index is 12.1. The number of aromatic amines is 1. The minimum absolute atomic E-state index is 0.339. The Labute approximate surface area is 147 Å². The summed E-state index contributed by atoms with van der Waals surface area (Å²) >= 11 is 3.37. The summed E-state index contributed by atoms with van der Waals surface area (Å²) in [5.41, 5.74) is 6.58. The van der Waals surface area contributed by atoms with Gasteiger partial charge in [0.25, 0.3) is 5.91 Å². The molecule has 6 heteroatoms. The summed E-state index contributed by atoms with van der Waals surface area (Å²) in [4.78, 5) is 12.1. The Bertz CT molecular complexity index is 867. The molecule has 2 aromatic carbocycles. The van der Waals surface area contributed by atoms with Gasteiger partial charge in [-0.05, 0) is 30.7 Å². The molecule has 1 aromatic heterocycles. The van der Waals surface area contributed by atoms with Gasteiger partial charge in [0.1, 0.15) is 5.69 Å². The Kier molecular flexibility index (Phi) is 4.86. The third-order valence-corrected chi connectivity index (χ3v) is 3.95. The predicted molar refractivity (Wildman–Crippen MR) is 98.0 cm³/mol. The molecule has 0 saturated carbocycles. The van der Waals surface area contributed by atoms with Gasteiger partial charge in [-0.15, -0.1) is 0 Å². The zero-order valence-electron chi connectivity index (χ0n) is 13.0. The van der Waals surface area contributed by atoms with Crippen LogP contribution >= 0.6 is 15.9 Å². The highest BCUT2D eigenvalue weighted by molar-refractivity contribution is 9.10. The number of nitrogens with zero attached hydrogens (tertiary/aromatic N) is 2. The summed E-state index contributed by atoms with van der Waals surface area (Å²) in [5.74, 6) is -0.339. The van der Waals surface area contributed by atoms with E-state index in [0.717, 1.165) is 21.3 Å². The van der Waals surface area contributed by atoms with E-state index in [9.17, 15) is 4.79 Å².